The summed E-state index contributed by atoms with van der Waals surface area (Å²) in [5, 5.41) is 9.37. The van der Waals surface area contributed by atoms with Gasteiger partial charge in [-0.1, -0.05) is 31.4 Å². The Balaban J connectivity index is 1.54. The molecule has 37 heavy (non-hydrogen) atoms. The Kier molecular flexibility index (Phi) is 6.86. The topological polar surface area (TPSA) is 75.2 Å². The van der Waals surface area contributed by atoms with Crippen LogP contribution in [0.25, 0.3) is 33.2 Å². The third-order valence-corrected chi connectivity index (χ3v) is 7.55. The lowest BCUT2D eigenvalue weighted by molar-refractivity contribution is 0.415. The number of anilines is 2. The first-order valence-electron chi connectivity index (χ1n) is 13.4. The molecule has 0 atom stereocenters. The first kappa shape index (κ1) is 23.7. The maximum atomic E-state index is 5.59. The van der Waals surface area contributed by atoms with Crippen LogP contribution in [0.4, 0.5) is 11.6 Å². The molecule has 4 aromatic rings. The smallest absolute Gasteiger partial charge is 0.137 e. The molecule has 1 aliphatic carbocycles. The van der Waals surface area contributed by atoms with Crippen molar-refractivity contribution < 1.29 is 4.74 Å². The predicted molar refractivity (Wildman–Crippen MR) is 150 cm³/mol. The zero-order valence-electron chi connectivity index (χ0n) is 21.4. The van der Waals surface area contributed by atoms with Crippen LogP contribution in [0.1, 0.15) is 32.1 Å². The highest BCUT2D eigenvalue weighted by molar-refractivity contribution is 6.07. The van der Waals surface area contributed by atoms with Crippen molar-refractivity contribution >= 4 is 22.4 Å². The van der Waals surface area contributed by atoms with E-state index >= 15 is 0 Å². The third kappa shape index (κ3) is 4.96. The van der Waals surface area contributed by atoms with E-state index in [-0.39, 0.29) is 0 Å². The molecule has 0 spiro atoms. The highest BCUT2D eigenvalue weighted by Gasteiger charge is 2.22. The van der Waals surface area contributed by atoms with Gasteiger partial charge < -0.3 is 20.3 Å². The van der Waals surface area contributed by atoms with Crippen molar-refractivity contribution in [2.75, 3.05) is 43.5 Å². The predicted octanol–water partition coefficient (Wildman–Crippen LogP) is 5.52. The number of benzene rings is 1. The number of pyridine rings is 3. The van der Waals surface area contributed by atoms with Gasteiger partial charge in [0.15, 0.2) is 0 Å². The quantitative estimate of drug-likeness (QED) is 0.365. The second kappa shape index (κ2) is 10.7. The van der Waals surface area contributed by atoms with E-state index in [0.29, 0.717) is 6.04 Å². The number of methoxy groups -OCH3 is 1. The molecule has 4 heterocycles. The molecule has 190 valence electrons. The van der Waals surface area contributed by atoms with E-state index in [9.17, 15) is 0 Å². The molecular formula is C30H34N6O. The van der Waals surface area contributed by atoms with E-state index < -0.39 is 0 Å². The summed E-state index contributed by atoms with van der Waals surface area (Å²) in [4.78, 5) is 17.0. The average Bonchev–Trinajstić information content (AvgIpc) is 2.97. The molecule has 2 aliphatic rings. The highest BCUT2D eigenvalue weighted by atomic mass is 16.5. The van der Waals surface area contributed by atoms with E-state index in [0.717, 1.165) is 76.7 Å². The molecule has 1 saturated heterocycles. The van der Waals surface area contributed by atoms with E-state index in [1.807, 2.05) is 30.7 Å². The summed E-state index contributed by atoms with van der Waals surface area (Å²) >= 11 is 0. The van der Waals surface area contributed by atoms with Crippen molar-refractivity contribution in [3.63, 3.8) is 0 Å². The van der Waals surface area contributed by atoms with Gasteiger partial charge in [-0.15, -0.1) is 0 Å². The van der Waals surface area contributed by atoms with Gasteiger partial charge >= 0.3 is 0 Å². The average molecular weight is 495 g/mol. The zero-order chi connectivity index (χ0) is 25.0. The second-order valence-electron chi connectivity index (χ2n) is 9.96. The molecule has 1 saturated carbocycles. The fraction of sp³-hybridized carbons (Fsp3) is 0.367. The van der Waals surface area contributed by atoms with Crippen molar-refractivity contribution in [2.24, 2.45) is 0 Å². The Bertz CT molecular complexity index is 1380. The van der Waals surface area contributed by atoms with Crippen LogP contribution in [0, 0.1) is 0 Å². The Morgan fingerprint density at radius 3 is 2.65 bits per heavy atom. The standard InChI is InChI=1S/C30H34N6O/c1-37-24-9-5-6-21(18-24)28-26-20-32-12-11-25(26)30(36-16-14-31-15-17-36)35-29(28)22-10-13-33-27(19-22)34-23-7-3-2-4-8-23/h5-6,9-13,18-20,23,31H,2-4,7-8,14-17H2,1H3,(H,33,34). The van der Waals surface area contributed by atoms with E-state index in [2.05, 4.69) is 55.8 Å². The maximum Gasteiger partial charge on any atom is 0.137 e. The molecular weight excluding hydrogens is 460 g/mol. The molecule has 1 aromatic carbocycles. The molecule has 0 bridgehead atoms. The Hall–Kier alpha value is -3.71. The van der Waals surface area contributed by atoms with Gasteiger partial charge in [0.25, 0.3) is 0 Å². The van der Waals surface area contributed by atoms with Crippen molar-refractivity contribution in [3.05, 3.63) is 61.1 Å². The van der Waals surface area contributed by atoms with Gasteiger partial charge in [0, 0.05) is 72.7 Å². The van der Waals surface area contributed by atoms with Gasteiger partial charge in [-0.2, -0.15) is 0 Å². The zero-order valence-corrected chi connectivity index (χ0v) is 21.4. The van der Waals surface area contributed by atoms with Crippen LogP contribution in [0.2, 0.25) is 0 Å². The molecule has 0 amide bonds. The molecule has 1 aliphatic heterocycles. The van der Waals surface area contributed by atoms with Crippen LogP contribution < -0.4 is 20.3 Å². The highest BCUT2D eigenvalue weighted by Crippen LogP contribution is 2.41. The number of hydrogen-bond acceptors (Lipinski definition) is 7. The summed E-state index contributed by atoms with van der Waals surface area (Å²) in [7, 11) is 1.71. The molecule has 6 rings (SSSR count). The van der Waals surface area contributed by atoms with Gasteiger partial charge in [0.2, 0.25) is 0 Å². The lowest BCUT2D eigenvalue weighted by atomic mass is 9.94. The minimum Gasteiger partial charge on any atom is -0.497 e. The van der Waals surface area contributed by atoms with Crippen molar-refractivity contribution in [2.45, 2.75) is 38.1 Å². The Morgan fingerprint density at radius 1 is 0.946 bits per heavy atom. The van der Waals surface area contributed by atoms with Gasteiger partial charge in [-0.3, -0.25) is 4.98 Å². The summed E-state index contributed by atoms with van der Waals surface area (Å²) in [6.07, 6.45) is 12.0. The second-order valence-corrected chi connectivity index (χ2v) is 9.96. The number of nitrogens with zero attached hydrogens (tertiary/aromatic N) is 4. The van der Waals surface area contributed by atoms with E-state index in [1.165, 1.54) is 32.1 Å². The van der Waals surface area contributed by atoms with Gasteiger partial charge in [0.1, 0.15) is 17.4 Å². The number of nitrogens with one attached hydrogen (secondary N) is 2. The normalized spacial score (nSPS) is 16.6. The fourth-order valence-electron chi connectivity index (χ4n) is 5.65. The monoisotopic (exact) mass is 494 g/mol. The lowest BCUT2D eigenvalue weighted by Gasteiger charge is -2.30. The number of ether oxygens (including phenoxy) is 1. The fourth-order valence-corrected chi connectivity index (χ4v) is 5.65. The Labute approximate surface area is 218 Å². The van der Waals surface area contributed by atoms with Gasteiger partial charge in [-0.05, 0) is 48.7 Å². The SMILES string of the molecule is COc1cccc(-c2c(-c3ccnc(NC4CCCCC4)c3)nc(N3CCNCC3)c3ccncc23)c1. The van der Waals surface area contributed by atoms with Crippen LogP contribution in [0.5, 0.6) is 5.75 Å². The van der Waals surface area contributed by atoms with Gasteiger partial charge in [0.05, 0.1) is 12.8 Å². The lowest BCUT2D eigenvalue weighted by Crippen LogP contribution is -2.44. The molecule has 7 nitrogen and oxygen atoms in total. The number of rotatable bonds is 6. The molecule has 3 aromatic heterocycles. The van der Waals surface area contributed by atoms with Crippen molar-refractivity contribution in [1.29, 1.82) is 0 Å². The number of hydrogen-bond donors (Lipinski definition) is 2. The van der Waals surface area contributed by atoms with Crippen LogP contribution in [-0.2, 0) is 0 Å². The summed E-state index contributed by atoms with van der Waals surface area (Å²) in [5.74, 6) is 2.75. The number of aromatic nitrogens is 3. The minimum absolute atomic E-state index is 0.486. The summed E-state index contributed by atoms with van der Waals surface area (Å²) in [6.45, 7) is 3.75. The third-order valence-electron chi connectivity index (χ3n) is 7.55. The van der Waals surface area contributed by atoms with E-state index in [4.69, 9.17) is 9.72 Å². The van der Waals surface area contributed by atoms with Crippen LogP contribution in [0.3, 0.4) is 0 Å². The van der Waals surface area contributed by atoms with Crippen LogP contribution >= 0.6 is 0 Å². The minimum atomic E-state index is 0.486. The molecule has 2 fully saturated rings. The number of fused-ring (bicyclic) bond motifs is 1. The van der Waals surface area contributed by atoms with Crippen molar-refractivity contribution in [3.8, 4) is 28.1 Å². The summed E-state index contributed by atoms with van der Waals surface area (Å²) < 4.78 is 5.59. The van der Waals surface area contributed by atoms with Crippen molar-refractivity contribution in [1.82, 2.24) is 20.3 Å². The molecule has 0 unspecified atom stereocenters. The summed E-state index contributed by atoms with van der Waals surface area (Å²) in [5.41, 5.74) is 4.12. The summed E-state index contributed by atoms with van der Waals surface area (Å²) in [6, 6.07) is 15.0. The van der Waals surface area contributed by atoms with E-state index in [1.54, 1.807) is 7.11 Å². The van der Waals surface area contributed by atoms with Crippen LogP contribution in [-0.4, -0.2) is 54.3 Å². The molecule has 0 radical (unpaired) electrons. The first-order chi connectivity index (χ1) is 18.3. The number of piperazine rings is 1. The van der Waals surface area contributed by atoms with Crippen LogP contribution in [0.15, 0.2) is 61.1 Å². The first-order valence-corrected chi connectivity index (χ1v) is 13.4. The maximum absolute atomic E-state index is 5.59. The largest absolute Gasteiger partial charge is 0.497 e. The molecule has 2 N–H and O–H groups in total. The van der Waals surface area contributed by atoms with Gasteiger partial charge in [-0.25, -0.2) is 9.97 Å². The Morgan fingerprint density at radius 2 is 1.81 bits per heavy atom. The molecule has 7 heteroatoms.